The highest BCUT2D eigenvalue weighted by atomic mass is 16.3. The van der Waals surface area contributed by atoms with Crippen LogP contribution in [-0.2, 0) is 16.1 Å². The molecule has 2 amide bonds. The van der Waals surface area contributed by atoms with Gasteiger partial charge in [0.05, 0.1) is 43.2 Å². The standard InChI is InChI=1S/C11H13N3O3/c15-7-12-4-8-1-2-9(5-13-8)14-6-10(16)3-11(14)17/h1-2,5,7,10,16H,3-4,6H2,(H,12,15). The molecule has 0 aliphatic carbocycles. The Labute approximate surface area is 98.3 Å². The predicted molar refractivity (Wildman–Crippen MR) is 60.1 cm³/mol. The topological polar surface area (TPSA) is 82.5 Å². The number of nitrogens with zero attached hydrogens (tertiary/aromatic N) is 2. The second kappa shape index (κ2) is 4.92. The van der Waals surface area contributed by atoms with Gasteiger partial charge in [-0.1, -0.05) is 0 Å². The molecule has 0 radical (unpaired) electrons. The number of aromatic nitrogens is 1. The van der Waals surface area contributed by atoms with Gasteiger partial charge in [-0.25, -0.2) is 0 Å². The summed E-state index contributed by atoms with van der Waals surface area (Å²) in [5, 5.41) is 11.9. The van der Waals surface area contributed by atoms with E-state index in [-0.39, 0.29) is 12.3 Å². The van der Waals surface area contributed by atoms with Crippen LogP contribution in [0.5, 0.6) is 0 Å². The molecule has 1 atom stereocenters. The van der Waals surface area contributed by atoms with Crippen molar-refractivity contribution in [1.29, 1.82) is 0 Å². The van der Waals surface area contributed by atoms with Crippen LogP contribution in [0.4, 0.5) is 5.69 Å². The summed E-state index contributed by atoms with van der Waals surface area (Å²) in [7, 11) is 0. The number of hydrogen-bond acceptors (Lipinski definition) is 4. The Morgan fingerprint density at radius 2 is 2.41 bits per heavy atom. The third-order valence-corrected chi connectivity index (χ3v) is 2.59. The molecule has 17 heavy (non-hydrogen) atoms. The molecule has 90 valence electrons. The highest BCUT2D eigenvalue weighted by Gasteiger charge is 2.29. The number of rotatable bonds is 4. The zero-order chi connectivity index (χ0) is 12.3. The van der Waals surface area contributed by atoms with E-state index in [1.54, 1.807) is 18.3 Å². The minimum absolute atomic E-state index is 0.0990. The van der Waals surface area contributed by atoms with Crippen molar-refractivity contribution in [2.75, 3.05) is 11.4 Å². The number of carbonyl (C=O) groups excluding carboxylic acids is 2. The van der Waals surface area contributed by atoms with Crippen LogP contribution in [0.25, 0.3) is 0 Å². The van der Waals surface area contributed by atoms with Gasteiger partial charge in [-0.15, -0.1) is 0 Å². The number of carbonyl (C=O) groups is 2. The maximum absolute atomic E-state index is 11.5. The summed E-state index contributed by atoms with van der Waals surface area (Å²) in [6.45, 7) is 0.673. The van der Waals surface area contributed by atoms with Gasteiger partial charge >= 0.3 is 0 Å². The first-order valence-corrected chi connectivity index (χ1v) is 5.31. The van der Waals surface area contributed by atoms with Gasteiger partial charge in [-0.2, -0.15) is 0 Å². The van der Waals surface area contributed by atoms with Crippen molar-refractivity contribution in [2.24, 2.45) is 0 Å². The van der Waals surface area contributed by atoms with Crippen LogP contribution >= 0.6 is 0 Å². The number of β-amino-alcohol motifs (C(OH)–C–C–N with tert-alkyl or cyclic N) is 1. The van der Waals surface area contributed by atoms with Crippen LogP contribution in [0.1, 0.15) is 12.1 Å². The van der Waals surface area contributed by atoms with Crippen molar-refractivity contribution in [3.8, 4) is 0 Å². The molecule has 2 heterocycles. The lowest BCUT2D eigenvalue weighted by Crippen LogP contribution is -2.25. The number of hydrogen-bond donors (Lipinski definition) is 2. The van der Waals surface area contributed by atoms with E-state index in [0.717, 1.165) is 0 Å². The number of nitrogens with one attached hydrogen (secondary N) is 1. The van der Waals surface area contributed by atoms with Crippen molar-refractivity contribution in [3.63, 3.8) is 0 Å². The van der Waals surface area contributed by atoms with E-state index in [0.29, 0.717) is 30.9 Å². The minimum atomic E-state index is -0.598. The lowest BCUT2D eigenvalue weighted by molar-refractivity contribution is -0.117. The van der Waals surface area contributed by atoms with E-state index in [2.05, 4.69) is 10.3 Å². The SMILES string of the molecule is O=CNCc1ccc(N2CC(O)CC2=O)cn1. The lowest BCUT2D eigenvalue weighted by Gasteiger charge is -2.15. The molecule has 1 saturated heterocycles. The van der Waals surface area contributed by atoms with Gasteiger partial charge in [0.1, 0.15) is 0 Å². The normalized spacial score (nSPS) is 19.5. The molecule has 6 heteroatoms. The monoisotopic (exact) mass is 235 g/mol. The van der Waals surface area contributed by atoms with Gasteiger partial charge in [-0.05, 0) is 12.1 Å². The number of anilines is 1. The fourth-order valence-electron chi connectivity index (χ4n) is 1.77. The average molecular weight is 235 g/mol. The third kappa shape index (κ3) is 2.59. The molecule has 2 N–H and O–H groups in total. The highest BCUT2D eigenvalue weighted by Crippen LogP contribution is 2.20. The van der Waals surface area contributed by atoms with Gasteiger partial charge in [0.15, 0.2) is 0 Å². The molecule has 1 aliphatic heterocycles. The first-order valence-electron chi connectivity index (χ1n) is 5.31. The Morgan fingerprint density at radius 3 is 2.94 bits per heavy atom. The van der Waals surface area contributed by atoms with E-state index >= 15 is 0 Å². The molecule has 1 aromatic heterocycles. The summed E-state index contributed by atoms with van der Waals surface area (Å²) in [6, 6.07) is 3.49. The third-order valence-electron chi connectivity index (χ3n) is 2.59. The van der Waals surface area contributed by atoms with Crippen LogP contribution in [0.2, 0.25) is 0 Å². The van der Waals surface area contributed by atoms with E-state index in [9.17, 15) is 14.7 Å². The second-order valence-corrected chi connectivity index (χ2v) is 3.87. The van der Waals surface area contributed by atoms with Crippen LogP contribution < -0.4 is 10.2 Å². The molecule has 0 spiro atoms. The average Bonchev–Trinajstić information content (AvgIpc) is 2.66. The van der Waals surface area contributed by atoms with Crippen molar-refractivity contribution in [2.45, 2.75) is 19.1 Å². The zero-order valence-electron chi connectivity index (χ0n) is 9.17. The predicted octanol–water partition coefficient (Wildman–Crippen LogP) is -0.575. The fourth-order valence-corrected chi connectivity index (χ4v) is 1.77. The Hall–Kier alpha value is -1.95. The summed E-state index contributed by atoms with van der Waals surface area (Å²) >= 11 is 0. The van der Waals surface area contributed by atoms with Crippen LogP contribution in [0.15, 0.2) is 18.3 Å². The molecule has 0 bridgehead atoms. The first kappa shape index (κ1) is 11.5. The Balaban J connectivity index is 2.07. The van der Waals surface area contributed by atoms with E-state index in [1.165, 1.54) is 4.90 Å². The van der Waals surface area contributed by atoms with Gasteiger partial charge in [0, 0.05) is 0 Å². The minimum Gasteiger partial charge on any atom is -0.391 e. The number of aliphatic hydroxyl groups excluding tert-OH is 1. The zero-order valence-corrected chi connectivity index (χ0v) is 9.17. The molecule has 1 unspecified atom stereocenters. The lowest BCUT2D eigenvalue weighted by atomic mass is 10.3. The molecular weight excluding hydrogens is 222 g/mol. The molecule has 6 nitrogen and oxygen atoms in total. The molecule has 2 rings (SSSR count). The van der Waals surface area contributed by atoms with Gasteiger partial charge < -0.3 is 15.3 Å². The summed E-state index contributed by atoms with van der Waals surface area (Å²) in [5.41, 5.74) is 1.38. The fraction of sp³-hybridized carbons (Fsp3) is 0.364. The highest BCUT2D eigenvalue weighted by molar-refractivity contribution is 5.95. The largest absolute Gasteiger partial charge is 0.391 e. The maximum atomic E-state index is 11.5. The Morgan fingerprint density at radius 1 is 1.59 bits per heavy atom. The Kier molecular flexibility index (Phi) is 3.34. The number of amides is 2. The van der Waals surface area contributed by atoms with Crippen LogP contribution in [-0.4, -0.2) is 35.1 Å². The van der Waals surface area contributed by atoms with Crippen molar-refractivity contribution in [3.05, 3.63) is 24.0 Å². The summed E-state index contributed by atoms with van der Waals surface area (Å²) in [4.78, 5) is 27.3. The maximum Gasteiger partial charge on any atom is 0.229 e. The van der Waals surface area contributed by atoms with Gasteiger partial charge in [-0.3, -0.25) is 14.6 Å². The molecular formula is C11H13N3O3. The quantitative estimate of drug-likeness (QED) is 0.684. The van der Waals surface area contributed by atoms with Crippen LogP contribution in [0, 0.1) is 0 Å². The molecule has 0 aromatic carbocycles. The second-order valence-electron chi connectivity index (χ2n) is 3.87. The van der Waals surface area contributed by atoms with E-state index in [4.69, 9.17) is 0 Å². The number of aliphatic hydroxyl groups is 1. The van der Waals surface area contributed by atoms with E-state index in [1.807, 2.05) is 0 Å². The van der Waals surface area contributed by atoms with Crippen LogP contribution in [0.3, 0.4) is 0 Å². The van der Waals surface area contributed by atoms with Gasteiger partial charge in [0.2, 0.25) is 12.3 Å². The smallest absolute Gasteiger partial charge is 0.229 e. The Bertz CT molecular complexity index is 418. The van der Waals surface area contributed by atoms with E-state index < -0.39 is 6.10 Å². The first-order chi connectivity index (χ1) is 8.20. The number of pyridine rings is 1. The molecule has 1 fully saturated rings. The molecule has 1 aromatic rings. The van der Waals surface area contributed by atoms with Gasteiger partial charge in [0.25, 0.3) is 0 Å². The molecule has 1 aliphatic rings. The summed E-state index contributed by atoms with van der Waals surface area (Å²) in [6.07, 6.45) is 1.74. The molecule has 0 saturated carbocycles. The van der Waals surface area contributed by atoms with Crippen molar-refractivity contribution < 1.29 is 14.7 Å². The summed E-state index contributed by atoms with van der Waals surface area (Å²) in [5.74, 6) is -0.0990. The van der Waals surface area contributed by atoms with Crippen molar-refractivity contribution >= 4 is 18.0 Å². The summed E-state index contributed by atoms with van der Waals surface area (Å²) < 4.78 is 0. The van der Waals surface area contributed by atoms with Crippen molar-refractivity contribution in [1.82, 2.24) is 10.3 Å².